The molecule has 7 nitrogen and oxygen atoms in total. The molecule has 1 aliphatic heterocycles. The number of nitrogens with zero attached hydrogens (tertiary/aromatic N) is 1. The number of ether oxygens (including phenoxy) is 1. The van der Waals surface area contributed by atoms with E-state index in [2.05, 4.69) is 15.5 Å². The van der Waals surface area contributed by atoms with Crippen LogP contribution in [0.15, 0.2) is 47.1 Å². The maximum Gasteiger partial charge on any atom is 0.341 e. The highest BCUT2D eigenvalue weighted by molar-refractivity contribution is 5.90. The number of furan rings is 1. The molecule has 7 heteroatoms. The zero-order chi connectivity index (χ0) is 19.1. The Morgan fingerprint density at radius 2 is 2.04 bits per heavy atom. The second-order valence-corrected chi connectivity index (χ2v) is 6.57. The van der Waals surface area contributed by atoms with Gasteiger partial charge in [-0.25, -0.2) is 9.59 Å². The third kappa shape index (κ3) is 5.10. The van der Waals surface area contributed by atoms with Crippen molar-refractivity contribution in [3.8, 4) is 0 Å². The van der Waals surface area contributed by atoms with Crippen LogP contribution < -0.4 is 10.6 Å². The molecule has 0 spiro atoms. The number of nitrogens with one attached hydrogen (secondary N) is 2. The molecule has 0 radical (unpaired) electrons. The topological polar surface area (TPSA) is 83.8 Å². The molecule has 0 saturated carbocycles. The van der Waals surface area contributed by atoms with Crippen LogP contribution in [0.1, 0.15) is 35.4 Å². The number of carbonyl (C=O) groups excluding carboxylic acids is 2. The summed E-state index contributed by atoms with van der Waals surface area (Å²) in [6.07, 6.45) is 4.69. The van der Waals surface area contributed by atoms with Crippen molar-refractivity contribution in [1.82, 2.24) is 10.2 Å². The first kappa shape index (κ1) is 19.0. The Bertz CT molecular complexity index is 760. The predicted octanol–water partition coefficient (Wildman–Crippen LogP) is 3.24. The molecule has 0 bridgehead atoms. The van der Waals surface area contributed by atoms with Crippen LogP contribution in [0, 0.1) is 0 Å². The molecule has 2 aromatic rings. The van der Waals surface area contributed by atoms with Gasteiger partial charge in [0, 0.05) is 18.3 Å². The quantitative estimate of drug-likeness (QED) is 0.762. The maximum atomic E-state index is 12.1. The molecule has 3 rings (SSSR count). The summed E-state index contributed by atoms with van der Waals surface area (Å²) in [5.74, 6) is 0.204. The van der Waals surface area contributed by atoms with E-state index in [1.54, 1.807) is 6.07 Å². The number of esters is 1. The van der Waals surface area contributed by atoms with Gasteiger partial charge in [-0.1, -0.05) is 24.6 Å². The van der Waals surface area contributed by atoms with Gasteiger partial charge in [-0.3, -0.25) is 4.90 Å². The number of urea groups is 1. The second kappa shape index (κ2) is 9.23. The molecule has 144 valence electrons. The first-order valence-electron chi connectivity index (χ1n) is 9.16. The molecular formula is C20H25N3O4. The zero-order valence-electron chi connectivity index (χ0n) is 15.4. The van der Waals surface area contributed by atoms with E-state index in [4.69, 9.17) is 9.15 Å². The molecule has 1 unspecified atom stereocenters. The van der Waals surface area contributed by atoms with Crippen molar-refractivity contribution in [3.05, 3.63) is 54.0 Å². The number of anilines is 1. The molecular weight excluding hydrogens is 346 g/mol. The lowest BCUT2D eigenvalue weighted by Crippen LogP contribution is -2.47. The summed E-state index contributed by atoms with van der Waals surface area (Å²) in [6, 6.07) is 10.9. The molecule has 0 aliphatic carbocycles. The van der Waals surface area contributed by atoms with Crippen molar-refractivity contribution in [3.63, 3.8) is 0 Å². The first-order chi connectivity index (χ1) is 13.2. The number of likely N-dealkylation sites (tertiary alicyclic amines) is 1. The Kier molecular flexibility index (Phi) is 6.49. The summed E-state index contributed by atoms with van der Waals surface area (Å²) in [4.78, 5) is 26.2. The van der Waals surface area contributed by atoms with E-state index in [1.165, 1.54) is 13.4 Å². The molecule has 1 saturated heterocycles. The zero-order valence-corrected chi connectivity index (χ0v) is 15.4. The van der Waals surface area contributed by atoms with Gasteiger partial charge in [0.2, 0.25) is 0 Å². The Labute approximate surface area is 158 Å². The van der Waals surface area contributed by atoms with Crippen LogP contribution in [0.25, 0.3) is 0 Å². The summed E-state index contributed by atoms with van der Waals surface area (Å²) in [7, 11) is 1.36. The molecule has 27 heavy (non-hydrogen) atoms. The number of rotatable bonds is 6. The fraction of sp³-hybridized carbons (Fsp3) is 0.400. The highest BCUT2D eigenvalue weighted by Crippen LogP contribution is 2.22. The number of para-hydroxylation sites is 1. The SMILES string of the molecule is COC(=O)c1ccoc1CN1CCCCC1CNC(=O)Nc1ccccc1. The van der Waals surface area contributed by atoms with E-state index in [0.717, 1.165) is 31.5 Å². The van der Waals surface area contributed by atoms with Crippen molar-refractivity contribution in [2.75, 3.05) is 25.5 Å². The number of benzene rings is 1. The number of methoxy groups -OCH3 is 1. The predicted molar refractivity (Wildman–Crippen MR) is 102 cm³/mol. The highest BCUT2D eigenvalue weighted by atomic mass is 16.5. The summed E-state index contributed by atoms with van der Waals surface area (Å²) < 4.78 is 10.3. The molecule has 1 atom stereocenters. The van der Waals surface area contributed by atoms with Gasteiger partial charge < -0.3 is 19.8 Å². The average Bonchev–Trinajstić information content (AvgIpc) is 3.15. The Hall–Kier alpha value is -2.80. The van der Waals surface area contributed by atoms with Crippen molar-refractivity contribution >= 4 is 17.7 Å². The van der Waals surface area contributed by atoms with Crippen LogP contribution in [-0.4, -0.2) is 43.1 Å². The van der Waals surface area contributed by atoms with Gasteiger partial charge in [0.15, 0.2) is 0 Å². The number of hydrogen-bond donors (Lipinski definition) is 2. The van der Waals surface area contributed by atoms with Gasteiger partial charge in [0.25, 0.3) is 0 Å². The lowest BCUT2D eigenvalue weighted by atomic mass is 10.0. The van der Waals surface area contributed by atoms with Gasteiger partial charge in [0.1, 0.15) is 11.3 Å². The number of piperidine rings is 1. The van der Waals surface area contributed by atoms with Gasteiger partial charge in [-0.2, -0.15) is 0 Å². The standard InChI is InChI=1S/C20H25N3O4/c1-26-19(24)17-10-12-27-18(17)14-23-11-6-5-9-16(23)13-21-20(25)22-15-7-3-2-4-8-15/h2-4,7-8,10,12,16H,5-6,9,11,13-14H2,1H3,(H2,21,22,25). The van der Waals surface area contributed by atoms with Gasteiger partial charge in [0.05, 0.1) is 19.9 Å². The van der Waals surface area contributed by atoms with Gasteiger partial charge in [-0.05, 0) is 37.6 Å². The minimum Gasteiger partial charge on any atom is -0.467 e. The van der Waals surface area contributed by atoms with Crippen molar-refractivity contribution in [2.45, 2.75) is 31.8 Å². The fourth-order valence-electron chi connectivity index (χ4n) is 3.35. The van der Waals surface area contributed by atoms with Crippen LogP contribution in [-0.2, 0) is 11.3 Å². The lowest BCUT2D eigenvalue weighted by molar-refractivity contribution is 0.0593. The number of carbonyl (C=O) groups is 2. The lowest BCUT2D eigenvalue weighted by Gasteiger charge is -2.35. The minimum atomic E-state index is -0.396. The van der Waals surface area contributed by atoms with E-state index in [0.29, 0.717) is 24.4 Å². The molecule has 1 fully saturated rings. The van der Waals surface area contributed by atoms with Crippen LogP contribution >= 0.6 is 0 Å². The Balaban J connectivity index is 1.56. The van der Waals surface area contributed by atoms with Crippen LogP contribution in [0.5, 0.6) is 0 Å². The largest absolute Gasteiger partial charge is 0.467 e. The number of hydrogen-bond acceptors (Lipinski definition) is 5. The van der Waals surface area contributed by atoms with E-state index >= 15 is 0 Å². The third-order valence-corrected chi connectivity index (χ3v) is 4.78. The second-order valence-electron chi connectivity index (χ2n) is 6.57. The van der Waals surface area contributed by atoms with E-state index < -0.39 is 5.97 Å². The van der Waals surface area contributed by atoms with E-state index in [9.17, 15) is 9.59 Å². The smallest absolute Gasteiger partial charge is 0.341 e. The summed E-state index contributed by atoms with van der Waals surface area (Å²) >= 11 is 0. The molecule has 2 heterocycles. The van der Waals surface area contributed by atoms with Crippen molar-refractivity contribution in [1.29, 1.82) is 0 Å². The van der Waals surface area contributed by atoms with Crippen LogP contribution in [0.4, 0.5) is 10.5 Å². The monoisotopic (exact) mass is 371 g/mol. The average molecular weight is 371 g/mol. The van der Waals surface area contributed by atoms with Crippen LogP contribution in [0.3, 0.4) is 0 Å². The third-order valence-electron chi connectivity index (χ3n) is 4.78. The summed E-state index contributed by atoms with van der Waals surface area (Å²) in [5.41, 5.74) is 1.21. The summed E-state index contributed by atoms with van der Waals surface area (Å²) in [5, 5.41) is 5.77. The van der Waals surface area contributed by atoms with Crippen LogP contribution in [0.2, 0.25) is 0 Å². The Morgan fingerprint density at radius 3 is 2.81 bits per heavy atom. The van der Waals surface area contributed by atoms with Gasteiger partial charge >= 0.3 is 12.0 Å². The van der Waals surface area contributed by atoms with Gasteiger partial charge in [-0.15, -0.1) is 0 Å². The highest BCUT2D eigenvalue weighted by Gasteiger charge is 2.26. The summed E-state index contributed by atoms with van der Waals surface area (Å²) in [6.45, 7) is 1.95. The molecule has 1 aromatic heterocycles. The molecule has 1 aliphatic rings. The maximum absolute atomic E-state index is 12.1. The van der Waals surface area contributed by atoms with E-state index in [1.807, 2.05) is 30.3 Å². The molecule has 2 N–H and O–H groups in total. The molecule has 2 amide bonds. The molecule has 1 aromatic carbocycles. The first-order valence-corrected chi connectivity index (χ1v) is 9.16. The van der Waals surface area contributed by atoms with Crippen molar-refractivity contribution in [2.24, 2.45) is 0 Å². The van der Waals surface area contributed by atoms with E-state index in [-0.39, 0.29) is 12.1 Å². The number of amides is 2. The normalized spacial score (nSPS) is 17.3. The fourth-order valence-corrected chi connectivity index (χ4v) is 3.35. The Morgan fingerprint density at radius 1 is 1.22 bits per heavy atom. The van der Waals surface area contributed by atoms with Crippen molar-refractivity contribution < 1.29 is 18.7 Å². The minimum absolute atomic E-state index is 0.191.